The van der Waals surface area contributed by atoms with Gasteiger partial charge in [-0.2, -0.15) is 0 Å². The van der Waals surface area contributed by atoms with Gasteiger partial charge in [0.15, 0.2) is 0 Å². The molecule has 2 rings (SSSR count). The molecule has 0 saturated heterocycles. The van der Waals surface area contributed by atoms with Crippen molar-refractivity contribution in [3.63, 3.8) is 0 Å². The van der Waals surface area contributed by atoms with Crippen LogP contribution >= 0.6 is 0 Å². The van der Waals surface area contributed by atoms with E-state index in [0.717, 1.165) is 12.1 Å². The molecule has 1 unspecified atom stereocenters. The summed E-state index contributed by atoms with van der Waals surface area (Å²) in [6, 6.07) is 7.60. The van der Waals surface area contributed by atoms with E-state index in [-0.39, 0.29) is 18.5 Å². The van der Waals surface area contributed by atoms with Crippen molar-refractivity contribution in [1.82, 2.24) is 15.0 Å². The molecule has 0 fully saturated rings. The topological polar surface area (TPSA) is 85.8 Å². The van der Waals surface area contributed by atoms with Gasteiger partial charge in [0.2, 0.25) is 5.91 Å². The first-order valence-electron chi connectivity index (χ1n) is 6.63. The molecule has 0 saturated carbocycles. The van der Waals surface area contributed by atoms with Crippen molar-refractivity contribution in [2.45, 2.75) is 32.9 Å². The Balaban J connectivity index is 1.93. The molecule has 0 bridgehead atoms. The van der Waals surface area contributed by atoms with Crippen molar-refractivity contribution in [3.8, 4) is 0 Å². The highest BCUT2D eigenvalue weighted by atomic mass is 16.2. The van der Waals surface area contributed by atoms with E-state index < -0.39 is 0 Å². The number of aryl methyl sites for hydroxylation is 1. The minimum atomic E-state index is -0.187. The van der Waals surface area contributed by atoms with Crippen LogP contribution in [0.5, 0.6) is 0 Å². The number of anilines is 1. The van der Waals surface area contributed by atoms with Crippen LogP contribution in [0.3, 0.4) is 0 Å². The minimum absolute atomic E-state index is 0.120. The maximum Gasteiger partial charge on any atom is 0.246 e. The molecule has 1 aromatic carbocycles. The number of hydrogen-bond acceptors (Lipinski definition) is 4. The molecule has 0 aliphatic heterocycles. The Morgan fingerprint density at radius 3 is 2.65 bits per heavy atom. The Bertz CT molecular complexity index is 574. The summed E-state index contributed by atoms with van der Waals surface area (Å²) in [5.41, 5.74) is 8.38. The van der Waals surface area contributed by atoms with E-state index in [0.29, 0.717) is 5.69 Å². The van der Waals surface area contributed by atoms with Gasteiger partial charge in [0.1, 0.15) is 6.54 Å². The fourth-order valence-electron chi connectivity index (χ4n) is 1.77. The first kappa shape index (κ1) is 14.2. The number of nitrogens with zero attached hydrogens (tertiary/aromatic N) is 3. The lowest BCUT2D eigenvalue weighted by atomic mass is 10.1. The molecule has 2 aromatic rings. The molecule has 1 amide bonds. The summed E-state index contributed by atoms with van der Waals surface area (Å²) in [6.45, 7) is 4.04. The van der Waals surface area contributed by atoms with Gasteiger partial charge in [-0.3, -0.25) is 4.79 Å². The lowest BCUT2D eigenvalue weighted by Gasteiger charge is -2.05. The van der Waals surface area contributed by atoms with Crippen molar-refractivity contribution < 1.29 is 4.79 Å². The van der Waals surface area contributed by atoms with E-state index in [1.54, 1.807) is 6.20 Å². The summed E-state index contributed by atoms with van der Waals surface area (Å²) >= 11 is 0. The molecule has 106 valence electrons. The van der Waals surface area contributed by atoms with Gasteiger partial charge >= 0.3 is 0 Å². The Hall–Kier alpha value is -2.21. The fourth-order valence-corrected chi connectivity index (χ4v) is 1.77. The zero-order chi connectivity index (χ0) is 14.5. The van der Waals surface area contributed by atoms with Crippen LogP contribution < -0.4 is 11.1 Å². The molecule has 3 N–H and O–H groups in total. The monoisotopic (exact) mass is 273 g/mol. The first-order chi connectivity index (χ1) is 9.58. The highest BCUT2D eigenvalue weighted by Crippen LogP contribution is 2.10. The predicted octanol–water partition coefficient (Wildman–Crippen LogP) is 1.50. The van der Waals surface area contributed by atoms with Crippen LogP contribution in [-0.2, 0) is 17.8 Å². The van der Waals surface area contributed by atoms with Crippen LogP contribution in [0.25, 0.3) is 0 Å². The average Bonchev–Trinajstić information content (AvgIpc) is 2.88. The summed E-state index contributed by atoms with van der Waals surface area (Å²) in [7, 11) is 0. The number of carbonyl (C=O) groups excluding carboxylic acids is 1. The maximum absolute atomic E-state index is 11.9. The molecule has 6 heteroatoms. The van der Waals surface area contributed by atoms with Gasteiger partial charge in [-0.25, -0.2) is 4.68 Å². The Morgan fingerprint density at radius 1 is 1.40 bits per heavy atom. The van der Waals surface area contributed by atoms with Crippen LogP contribution in [0.2, 0.25) is 0 Å². The highest BCUT2D eigenvalue weighted by Gasteiger charge is 2.08. The molecule has 0 aliphatic carbocycles. The van der Waals surface area contributed by atoms with Crippen LogP contribution in [0.15, 0.2) is 30.5 Å². The van der Waals surface area contributed by atoms with Gasteiger partial charge in [-0.05, 0) is 31.0 Å². The summed E-state index contributed by atoms with van der Waals surface area (Å²) in [4.78, 5) is 11.9. The second-order valence-corrected chi connectivity index (χ2v) is 4.73. The van der Waals surface area contributed by atoms with E-state index in [1.807, 2.05) is 31.2 Å². The number of benzene rings is 1. The number of carbonyl (C=O) groups is 1. The summed E-state index contributed by atoms with van der Waals surface area (Å²) < 4.78 is 1.48. The number of hydrogen-bond donors (Lipinski definition) is 2. The molecule has 20 heavy (non-hydrogen) atoms. The summed E-state index contributed by atoms with van der Waals surface area (Å²) in [5, 5.41) is 10.6. The van der Waals surface area contributed by atoms with Gasteiger partial charge in [0.05, 0.1) is 11.9 Å². The number of nitrogens with two attached hydrogens (primary N) is 1. The van der Waals surface area contributed by atoms with Gasteiger partial charge in [0, 0.05) is 11.7 Å². The third-order valence-electron chi connectivity index (χ3n) is 2.97. The molecule has 1 atom stereocenters. The molecular weight excluding hydrogens is 254 g/mol. The molecule has 1 heterocycles. The van der Waals surface area contributed by atoms with Gasteiger partial charge in [-0.15, -0.1) is 5.10 Å². The van der Waals surface area contributed by atoms with Gasteiger partial charge < -0.3 is 11.1 Å². The Kier molecular flexibility index (Phi) is 4.47. The number of amides is 1. The summed E-state index contributed by atoms with van der Waals surface area (Å²) in [6.07, 6.45) is 2.66. The van der Waals surface area contributed by atoms with Crippen LogP contribution in [0, 0.1) is 0 Å². The van der Waals surface area contributed by atoms with E-state index in [4.69, 9.17) is 5.73 Å². The third-order valence-corrected chi connectivity index (χ3v) is 2.97. The van der Waals surface area contributed by atoms with Gasteiger partial charge in [0.25, 0.3) is 0 Å². The van der Waals surface area contributed by atoms with Crippen molar-refractivity contribution in [3.05, 3.63) is 41.7 Å². The molecule has 6 nitrogen and oxygen atoms in total. The van der Waals surface area contributed by atoms with Crippen molar-refractivity contribution in [2.75, 3.05) is 5.32 Å². The number of rotatable bonds is 5. The van der Waals surface area contributed by atoms with Crippen molar-refractivity contribution in [2.24, 2.45) is 5.73 Å². The second-order valence-electron chi connectivity index (χ2n) is 4.73. The quantitative estimate of drug-likeness (QED) is 0.864. The van der Waals surface area contributed by atoms with Crippen molar-refractivity contribution >= 4 is 11.6 Å². The first-order valence-corrected chi connectivity index (χ1v) is 6.63. The SMILES string of the molecule is CCc1ccc(NC(=O)Cn2cc(C(C)N)nn2)cc1. The van der Waals surface area contributed by atoms with E-state index in [9.17, 15) is 4.79 Å². The predicted molar refractivity (Wildman–Crippen MR) is 77.1 cm³/mol. The molecule has 0 aliphatic rings. The Labute approximate surface area is 118 Å². The molecule has 1 aromatic heterocycles. The zero-order valence-corrected chi connectivity index (χ0v) is 11.7. The zero-order valence-electron chi connectivity index (χ0n) is 11.7. The van der Waals surface area contributed by atoms with Crippen molar-refractivity contribution in [1.29, 1.82) is 0 Å². The molecule has 0 radical (unpaired) electrons. The lowest BCUT2D eigenvalue weighted by Crippen LogP contribution is -2.19. The smallest absolute Gasteiger partial charge is 0.246 e. The minimum Gasteiger partial charge on any atom is -0.324 e. The lowest BCUT2D eigenvalue weighted by molar-refractivity contribution is -0.116. The Morgan fingerprint density at radius 2 is 2.10 bits per heavy atom. The van der Waals surface area contributed by atoms with Crippen LogP contribution in [0.1, 0.15) is 31.1 Å². The standard InChI is InChI=1S/C14H19N5O/c1-3-11-4-6-12(7-5-11)16-14(20)9-19-8-13(10(2)15)17-18-19/h4-8,10H,3,9,15H2,1-2H3,(H,16,20). The normalized spacial score (nSPS) is 12.2. The average molecular weight is 273 g/mol. The molecular formula is C14H19N5O. The second kappa shape index (κ2) is 6.29. The van der Waals surface area contributed by atoms with E-state index in [1.165, 1.54) is 10.2 Å². The number of nitrogens with one attached hydrogen (secondary N) is 1. The highest BCUT2D eigenvalue weighted by molar-refractivity contribution is 5.90. The van der Waals surface area contributed by atoms with Crippen LogP contribution in [0.4, 0.5) is 5.69 Å². The van der Waals surface area contributed by atoms with Crippen LogP contribution in [-0.4, -0.2) is 20.9 Å². The maximum atomic E-state index is 11.9. The summed E-state index contributed by atoms with van der Waals surface area (Å²) in [5.74, 6) is -0.143. The van der Waals surface area contributed by atoms with Gasteiger partial charge in [-0.1, -0.05) is 24.3 Å². The van der Waals surface area contributed by atoms with E-state index in [2.05, 4.69) is 22.6 Å². The largest absolute Gasteiger partial charge is 0.324 e. The van der Waals surface area contributed by atoms with E-state index >= 15 is 0 Å². The molecule has 0 spiro atoms. The third kappa shape index (κ3) is 3.64. The number of aromatic nitrogens is 3. The fraction of sp³-hybridized carbons (Fsp3) is 0.357.